The Morgan fingerprint density at radius 3 is 2.53 bits per heavy atom. The second-order valence-corrected chi connectivity index (χ2v) is 6.59. The Kier molecular flexibility index (Phi) is 6.51. The summed E-state index contributed by atoms with van der Waals surface area (Å²) in [7, 11) is 0. The number of benzene rings is 2. The van der Waals surface area contributed by atoms with Gasteiger partial charge in [0.1, 0.15) is 5.76 Å². The van der Waals surface area contributed by atoms with Crippen molar-refractivity contribution in [3.05, 3.63) is 66.4 Å². The number of alkyl halides is 2. The summed E-state index contributed by atoms with van der Waals surface area (Å²) in [6.07, 6.45) is 2.54. The molecule has 0 saturated carbocycles. The van der Waals surface area contributed by atoms with Gasteiger partial charge in [-0.25, -0.2) is 9.78 Å². The van der Waals surface area contributed by atoms with Gasteiger partial charge in [-0.15, -0.1) is 0 Å². The molecular formula is C21H20F2N2O5. The lowest BCUT2D eigenvalue weighted by molar-refractivity contribution is -0.0518. The summed E-state index contributed by atoms with van der Waals surface area (Å²) >= 11 is 0. The first-order chi connectivity index (χ1) is 14.3. The number of nitrogens with zero attached hydrogens (tertiary/aromatic N) is 2. The van der Waals surface area contributed by atoms with E-state index in [4.69, 9.17) is 9.15 Å². The van der Waals surface area contributed by atoms with Gasteiger partial charge in [-0.05, 0) is 44.2 Å². The number of hydrogen-bond acceptors (Lipinski definition) is 6. The topological polar surface area (TPSA) is 85.0 Å². The highest BCUT2D eigenvalue weighted by atomic mass is 19.3. The van der Waals surface area contributed by atoms with Crippen molar-refractivity contribution in [2.24, 2.45) is 0 Å². The number of carboxylic acid groups (broad SMARTS) is 1. The molecular weight excluding hydrogens is 398 g/mol. The number of aromatic carboxylic acids is 1. The van der Waals surface area contributed by atoms with Crippen LogP contribution >= 0.6 is 0 Å². The number of hydrogen-bond donors (Lipinski definition) is 1. The van der Waals surface area contributed by atoms with Gasteiger partial charge in [0.2, 0.25) is 0 Å². The van der Waals surface area contributed by atoms with Crippen LogP contribution in [0.4, 0.5) is 20.2 Å². The van der Waals surface area contributed by atoms with Crippen LogP contribution in [0.5, 0.6) is 11.5 Å². The van der Waals surface area contributed by atoms with Crippen molar-refractivity contribution in [2.75, 3.05) is 4.90 Å². The van der Waals surface area contributed by atoms with Crippen LogP contribution in [-0.4, -0.2) is 28.8 Å². The van der Waals surface area contributed by atoms with Gasteiger partial charge in [-0.3, -0.25) is 0 Å². The lowest BCUT2D eigenvalue weighted by Gasteiger charge is -2.26. The summed E-state index contributed by atoms with van der Waals surface area (Å²) in [5.74, 6) is -0.503. The fourth-order valence-corrected chi connectivity index (χ4v) is 2.82. The average molecular weight is 418 g/mol. The fraction of sp³-hybridized carbons (Fsp3) is 0.238. The Morgan fingerprint density at radius 1 is 1.13 bits per heavy atom. The van der Waals surface area contributed by atoms with Crippen LogP contribution in [-0.2, 0) is 6.54 Å². The third-order valence-electron chi connectivity index (χ3n) is 4.02. The Labute approximate surface area is 171 Å². The molecule has 0 saturated heterocycles. The van der Waals surface area contributed by atoms with E-state index in [0.717, 1.165) is 0 Å². The van der Waals surface area contributed by atoms with Gasteiger partial charge in [0.15, 0.2) is 17.9 Å². The lowest BCUT2D eigenvalue weighted by Crippen LogP contribution is -2.17. The van der Waals surface area contributed by atoms with Crippen LogP contribution in [0.1, 0.15) is 30.0 Å². The molecule has 9 heteroatoms. The third kappa shape index (κ3) is 5.25. The molecule has 3 rings (SSSR count). The molecule has 0 bridgehead atoms. The van der Waals surface area contributed by atoms with Gasteiger partial charge < -0.3 is 23.9 Å². The van der Waals surface area contributed by atoms with Crippen LogP contribution in [0.2, 0.25) is 0 Å². The predicted molar refractivity (Wildman–Crippen MR) is 105 cm³/mol. The van der Waals surface area contributed by atoms with Crippen molar-refractivity contribution >= 4 is 17.3 Å². The SMILES string of the molecule is CC(C)Oc1cc(N(Cc2cnco2)c2cccc(C(=O)O)c2)ccc1OC(F)F. The van der Waals surface area contributed by atoms with E-state index in [1.165, 1.54) is 30.8 Å². The maximum absolute atomic E-state index is 12.8. The molecule has 1 heterocycles. The number of ether oxygens (including phenoxy) is 2. The quantitative estimate of drug-likeness (QED) is 0.517. The van der Waals surface area contributed by atoms with Gasteiger partial charge >= 0.3 is 12.6 Å². The second kappa shape index (κ2) is 9.25. The van der Waals surface area contributed by atoms with Gasteiger partial charge in [0.25, 0.3) is 0 Å². The summed E-state index contributed by atoms with van der Waals surface area (Å²) in [6.45, 7) is 0.755. The molecule has 0 radical (unpaired) electrons. The Bertz CT molecular complexity index is 993. The molecule has 30 heavy (non-hydrogen) atoms. The van der Waals surface area contributed by atoms with Gasteiger partial charge in [-0.1, -0.05) is 6.07 Å². The molecule has 1 aromatic heterocycles. The Hall–Kier alpha value is -3.62. The number of oxazole rings is 1. The van der Waals surface area contributed by atoms with Crippen molar-refractivity contribution in [2.45, 2.75) is 33.1 Å². The van der Waals surface area contributed by atoms with E-state index in [1.54, 1.807) is 43.0 Å². The van der Waals surface area contributed by atoms with E-state index in [-0.39, 0.29) is 29.7 Å². The fourth-order valence-electron chi connectivity index (χ4n) is 2.82. The van der Waals surface area contributed by atoms with Crippen molar-refractivity contribution < 1.29 is 32.6 Å². The molecule has 2 aromatic carbocycles. The van der Waals surface area contributed by atoms with Crippen LogP contribution in [0.15, 0.2) is 59.5 Å². The van der Waals surface area contributed by atoms with E-state index in [2.05, 4.69) is 9.72 Å². The molecule has 0 atom stereocenters. The first kappa shape index (κ1) is 21.1. The minimum Gasteiger partial charge on any atom is -0.487 e. The normalized spacial score (nSPS) is 11.0. The van der Waals surface area contributed by atoms with E-state index in [1.807, 2.05) is 0 Å². The molecule has 0 aliphatic carbocycles. The second-order valence-electron chi connectivity index (χ2n) is 6.59. The molecule has 0 unspecified atom stereocenters. The molecule has 7 nitrogen and oxygen atoms in total. The maximum atomic E-state index is 12.8. The zero-order valence-corrected chi connectivity index (χ0v) is 16.3. The van der Waals surface area contributed by atoms with Gasteiger partial charge in [0.05, 0.1) is 24.4 Å². The number of carboxylic acids is 1. The molecule has 0 aliphatic heterocycles. The van der Waals surface area contributed by atoms with Gasteiger partial charge in [-0.2, -0.15) is 8.78 Å². The first-order valence-electron chi connectivity index (χ1n) is 9.07. The standard InChI is InChI=1S/C21H20F2N2O5/c1-13(2)29-19-9-16(6-7-18(19)30-21(22)23)25(11-17-10-24-12-28-17)15-5-3-4-14(8-15)20(26)27/h3-10,12-13,21H,11H2,1-2H3,(H,26,27). The van der Waals surface area contributed by atoms with E-state index >= 15 is 0 Å². The highest BCUT2D eigenvalue weighted by Gasteiger charge is 2.19. The molecule has 3 aromatic rings. The van der Waals surface area contributed by atoms with Crippen LogP contribution in [0.3, 0.4) is 0 Å². The number of aromatic nitrogens is 1. The summed E-state index contributed by atoms with van der Waals surface area (Å²) in [4.78, 5) is 17.1. The zero-order valence-electron chi connectivity index (χ0n) is 16.3. The Balaban J connectivity index is 2.06. The van der Waals surface area contributed by atoms with Crippen molar-refractivity contribution in [3.63, 3.8) is 0 Å². The zero-order chi connectivity index (χ0) is 21.7. The predicted octanol–water partition coefficient (Wildman–Crippen LogP) is 5.10. The van der Waals surface area contributed by atoms with Crippen molar-refractivity contribution in [1.29, 1.82) is 0 Å². The first-order valence-corrected chi connectivity index (χ1v) is 9.07. The number of anilines is 2. The van der Waals surface area contributed by atoms with Crippen LogP contribution in [0.25, 0.3) is 0 Å². The van der Waals surface area contributed by atoms with Crippen molar-refractivity contribution in [1.82, 2.24) is 4.98 Å². The van der Waals surface area contributed by atoms with Crippen LogP contribution < -0.4 is 14.4 Å². The average Bonchev–Trinajstić information content (AvgIpc) is 3.20. The molecule has 0 spiro atoms. The van der Waals surface area contributed by atoms with Crippen LogP contribution in [0, 0.1) is 0 Å². The number of halogens is 2. The molecule has 158 valence electrons. The van der Waals surface area contributed by atoms with E-state index < -0.39 is 12.6 Å². The third-order valence-corrected chi connectivity index (χ3v) is 4.02. The summed E-state index contributed by atoms with van der Waals surface area (Å²) < 4.78 is 41.1. The largest absolute Gasteiger partial charge is 0.487 e. The monoisotopic (exact) mass is 418 g/mol. The van der Waals surface area contributed by atoms with E-state index in [0.29, 0.717) is 17.1 Å². The molecule has 0 amide bonds. The lowest BCUT2D eigenvalue weighted by atomic mass is 10.1. The van der Waals surface area contributed by atoms with Gasteiger partial charge in [0, 0.05) is 17.4 Å². The summed E-state index contributed by atoms with van der Waals surface area (Å²) in [6, 6.07) is 10.8. The minimum atomic E-state index is -3.00. The Morgan fingerprint density at radius 2 is 1.90 bits per heavy atom. The minimum absolute atomic E-state index is 0.0960. The summed E-state index contributed by atoms with van der Waals surface area (Å²) in [5, 5.41) is 9.33. The van der Waals surface area contributed by atoms with E-state index in [9.17, 15) is 18.7 Å². The molecule has 0 aliphatic rings. The summed E-state index contributed by atoms with van der Waals surface area (Å²) in [5.41, 5.74) is 1.22. The smallest absolute Gasteiger partial charge is 0.387 e. The highest BCUT2D eigenvalue weighted by Crippen LogP contribution is 2.37. The number of rotatable bonds is 9. The molecule has 0 fully saturated rings. The maximum Gasteiger partial charge on any atom is 0.387 e. The van der Waals surface area contributed by atoms with Crippen molar-refractivity contribution in [3.8, 4) is 11.5 Å². The number of carbonyl (C=O) groups is 1. The highest BCUT2D eigenvalue weighted by molar-refractivity contribution is 5.89. The molecule has 1 N–H and O–H groups in total.